The minimum Gasteiger partial charge on any atom is -0.497 e. The van der Waals surface area contributed by atoms with Crippen molar-refractivity contribution in [2.45, 2.75) is 77.2 Å². The van der Waals surface area contributed by atoms with Crippen molar-refractivity contribution < 1.29 is 23.8 Å². The fourth-order valence-electron chi connectivity index (χ4n) is 6.60. The topological polar surface area (TPSA) is 55.8 Å². The van der Waals surface area contributed by atoms with Gasteiger partial charge in [0.05, 0.1) is 13.5 Å². The standard InChI is InChI=1S/C34H39FO4/c1-33(2)16-6-9-30(33)28-17-22(10-14-27(28)29-19-25(38-4)13-15-31(29)35)21-39-26-8-5-7-24(18-26)34(3,20-32(36)37)23-11-12-23/h5,7-8,10,13-15,17-19,23,30H,6,9,11-12,16,20-21H2,1-4H3,(H,36,37)/t30-,34?/m0/s1. The Morgan fingerprint density at radius 3 is 2.49 bits per heavy atom. The monoisotopic (exact) mass is 530 g/mol. The first-order valence-corrected chi connectivity index (χ1v) is 14.0. The Balaban J connectivity index is 1.44. The average Bonchev–Trinajstić information content (AvgIpc) is 3.71. The van der Waals surface area contributed by atoms with Crippen LogP contribution in [0.15, 0.2) is 60.7 Å². The van der Waals surface area contributed by atoms with Crippen molar-refractivity contribution >= 4 is 5.97 Å². The van der Waals surface area contributed by atoms with Crippen LogP contribution < -0.4 is 9.47 Å². The van der Waals surface area contributed by atoms with E-state index in [2.05, 4.69) is 26.8 Å². The first-order valence-electron chi connectivity index (χ1n) is 14.0. The van der Waals surface area contributed by atoms with Crippen LogP contribution in [0, 0.1) is 17.2 Å². The van der Waals surface area contributed by atoms with Gasteiger partial charge < -0.3 is 14.6 Å². The summed E-state index contributed by atoms with van der Waals surface area (Å²) in [5.41, 5.74) is 4.39. The summed E-state index contributed by atoms with van der Waals surface area (Å²) in [4.78, 5) is 11.6. The van der Waals surface area contributed by atoms with Crippen LogP contribution in [0.4, 0.5) is 4.39 Å². The molecular weight excluding hydrogens is 491 g/mol. The van der Waals surface area contributed by atoms with Crippen molar-refractivity contribution in [3.63, 3.8) is 0 Å². The Labute approximate surface area is 231 Å². The van der Waals surface area contributed by atoms with E-state index in [4.69, 9.17) is 9.47 Å². The van der Waals surface area contributed by atoms with Crippen LogP contribution in [0.1, 0.15) is 81.9 Å². The molecule has 0 radical (unpaired) electrons. The second-order valence-electron chi connectivity index (χ2n) is 12.3. The first kappa shape index (κ1) is 27.2. The minimum absolute atomic E-state index is 0.115. The van der Waals surface area contributed by atoms with Crippen molar-refractivity contribution in [3.8, 4) is 22.6 Å². The summed E-state index contributed by atoms with van der Waals surface area (Å²) >= 11 is 0. The highest BCUT2D eigenvalue weighted by atomic mass is 19.1. The maximum absolute atomic E-state index is 15.1. The van der Waals surface area contributed by atoms with Crippen LogP contribution in [0.25, 0.3) is 11.1 Å². The first-order chi connectivity index (χ1) is 18.6. The van der Waals surface area contributed by atoms with Crippen LogP contribution in [0.2, 0.25) is 0 Å². The number of ether oxygens (including phenoxy) is 2. The van der Waals surface area contributed by atoms with Crippen molar-refractivity contribution in [1.82, 2.24) is 0 Å². The Hall–Kier alpha value is -3.34. The molecule has 1 unspecified atom stereocenters. The number of benzene rings is 3. The SMILES string of the molecule is COc1ccc(F)c(-c2ccc(COc3cccc(C(C)(CC(=O)O)C4CC4)c3)cc2[C@@H]2CCCC2(C)C)c1. The van der Waals surface area contributed by atoms with Gasteiger partial charge in [-0.2, -0.15) is 0 Å². The molecule has 2 aliphatic rings. The molecule has 1 N–H and O–H groups in total. The van der Waals surface area contributed by atoms with Gasteiger partial charge in [0.15, 0.2) is 0 Å². The Morgan fingerprint density at radius 1 is 1.03 bits per heavy atom. The Bertz CT molecular complexity index is 1360. The molecule has 5 rings (SSSR count). The number of aliphatic carboxylic acids is 1. The highest BCUT2D eigenvalue weighted by Crippen LogP contribution is 2.52. The number of carboxylic acid groups (broad SMARTS) is 1. The zero-order chi connectivity index (χ0) is 27.8. The lowest BCUT2D eigenvalue weighted by Crippen LogP contribution is -2.28. The highest BCUT2D eigenvalue weighted by molar-refractivity contribution is 5.71. The molecule has 2 aliphatic carbocycles. The fourth-order valence-corrected chi connectivity index (χ4v) is 6.60. The third-order valence-corrected chi connectivity index (χ3v) is 9.11. The summed E-state index contributed by atoms with van der Waals surface area (Å²) in [6.45, 7) is 7.05. The predicted molar refractivity (Wildman–Crippen MR) is 152 cm³/mol. The van der Waals surface area contributed by atoms with Crippen LogP contribution in [-0.4, -0.2) is 18.2 Å². The largest absolute Gasteiger partial charge is 0.497 e. The number of rotatable bonds is 10. The van der Waals surface area contributed by atoms with Crippen LogP contribution in [-0.2, 0) is 16.8 Å². The molecule has 206 valence electrons. The van der Waals surface area contributed by atoms with Crippen molar-refractivity contribution in [3.05, 3.63) is 83.2 Å². The second kappa shape index (κ2) is 10.7. The van der Waals surface area contributed by atoms with Crippen LogP contribution in [0.3, 0.4) is 0 Å². The summed E-state index contributed by atoms with van der Waals surface area (Å²) in [5.74, 6) is 1.05. The predicted octanol–water partition coefficient (Wildman–Crippen LogP) is 8.52. The Kier molecular flexibility index (Phi) is 7.45. The minimum atomic E-state index is -0.773. The summed E-state index contributed by atoms with van der Waals surface area (Å²) < 4.78 is 26.7. The number of carboxylic acids is 1. The van der Waals surface area contributed by atoms with Gasteiger partial charge in [-0.05, 0) is 95.5 Å². The van der Waals surface area contributed by atoms with Crippen molar-refractivity contribution in [2.75, 3.05) is 7.11 Å². The van der Waals surface area contributed by atoms with Gasteiger partial charge in [0.25, 0.3) is 0 Å². The number of hydrogen-bond donors (Lipinski definition) is 1. The molecule has 5 heteroatoms. The lowest BCUT2D eigenvalue weighted by Gasteiger charge is -2.30. The zero-order valence-electron chi connectivity index (χ0n) is 23.4. The molecule has 39 heavy (non-hydrogen) atoms. The molecule has 3 aromatic carbocycles. The van der Waals surface area contributed by atoms with Gasteiger partial charge in [0, 0.05) is 11.0 Å². The molecule has 0 spiro atoms. The van der Waals surface area contributed by atoms with E-state index in [-0.39, 0.29) is 17.7 Å². The highest BCUT2D eigenvalue weighted by Gasteiger charge is 2.44. The molecule has 3 aromatic rings. The van der Waals surface area contributed by atoms with Crippen LogP contribution >= 0.6 is 0 Å². The molecule has 2 saturated carbocycles. The van der Waals surface area contributed by atoms with Gasteiger partial charge in [0.2, 0.25) is 0 Å². The maximum atomic E-state index is 15.1. The third kappa shape index (κ3) is 5.68. The molecule has 0 amide bonds. The smallest absolute Gasteiger partial charge is 0.304 e. The number of hydrogen-bond acceptors (Lipinski definition) is 3. The van der Waals surface area contributed by atoms with Gasteiger partial charge in [0.1, 0.15) is 23.9 Å². The lowest BCUT2D eigenvalue weighted by molar-refractivity contribution is -0.138. The second-order valence-corrected chi connectivity index (χ2v) is 12.3. The van der Waals surface area contributed by atoms with Crippen molar-refractivity contribution in [2.24, 2.45) is 11.3 Å². The fraction of sp³-hybridized carbons (Fsp3) is 0.441. The average molecular weight is 531 g/mol. The van der Waals surface area contributed by atoms with E-state index in [0.717, 1.165) is 60.1 Å². The van der Waals surface area contributed by atoms with E-state index in [0.29, 0.717) is 29.8 Å². The van der Waals surface area contributed by atoms with Gasteiger partial charge in [-0.15, -0.1) is 0 Å². The van der Waals surface area contributed by atoms with E-state index in [1.165, 1.54) is 6.07 Å². The molecule has 4 nitrogen and oxygen atoms in total. The summed E-state index contributed by atoms with van der Waals surface area (Å²) in [5, 5.41) is 9.55. The number of carbonyl (C=O) groups is 1. The molecule has 2 fully saturated rings. The van der Waals surface area contributed by atoms with Gasteiger partial charge in [-0.1, -0.05) is 57.5 Å². The molecule has 0 aromatic heterocycles. The molecule has 0 heterocycles. The van der Waals surface area contributed by atoms with E-state index in [1.54, 1.807) is 19.2 Å². The summed E-state index contributed by atoms with van der Waals surface area (Å²) in [6.07, 6.45) is 5.61. The van der Waals surface area contributed by atoms with E-state index in [1.807, 2.05) is 36.4 Å². The number of methoxy groups -OCH3 is 1. The van der Waals surface area contributed by atoms with E-state index >= 15 is 4.39 Å². The van der Waals surface area contributed by atoms with Gasteiger partial charge >= 0.3 is 5.97 Å². The van der Waals surface area contributed by atoms with Crippen LogP contribution in [0.5, 0.6) is 11.5 Å². The van der Waals surface area contributed by atoms with Gasteiger partial charge in [-0.3, -0.25) is 4.79 Å². The quantitative estimate of drug-likeness (QED) is 0.285. The van der Waals surface area contributed by atoms with Crippen molar-refractivity contribution in [1.29, 1.82) is 0 Å². The summed E-state index contributed by atoms with van der Waals surface area (Å²) in [6, 6.07) is 19.0. The van der Waals surface area contributed by atoms with E-state index in [9.17, 15) is 9.90 Å². The molecule has 0 saturated heterocycles. The summed E-state index contributed by atoms with van der Waals surface area (Å²) in [7, 11) is 1.60. The molecule has 0 bridgehead atoms. The third-order valence-electron chi connectivity index (χ3n) is 9.11. The normalized spacial score (nSPS) is 19.9. The molecule has 2 atom stereocenters. The van der Waals surface area contributed by atoms with E-state index < -0.39 is 11.4 Å². The van der Waals surface area contributed by atoms with Gasteiger partial charge in [-0.25, -0.2) is 4.39 Å². The Morgan fingerprint density at radius 2 is 1.82 bits per heavy atom. The number of halogens is 1. The molecule has 0 aliphatic heterocycles. The molecular formula is C34H39FO4. The maximum Gasteiger partial charge on any atom is 0.304 e. The lowest BCUT2D eigenvalue weighted by atomic mass is 9.75. The zero-order valence-corrected chi connectivity index (χ0v) is 23.4.